The highest BCUT2D eigenvalue weighted by atomic mass is 16.5. The number of aromatic nitrogens is 3. The standard InChI is InChI=1S/C17H25N5O2/c1-20(2)17-18-15(19-24-17)7-6-13-8-11-22(12-9-13)16(23)14-5-4-10-21(14)3/h4-5,10,13H,6-9,11-12H2,1-3H3. The van der Waals surface area contributed by atoms with E-state index in [9.17, 15) is 4.79 Å². The van der Waals surface area contributed by atoms with Crippen LogP contribution >= 0.6 is 0 Å². The van der Waals surface area contributed by atoms with E-state index < -0.39 is 0 Å². The minimum absolute atomic E-state index is 0.134. The zero-order valence-electron chi connectivity index (χ0n) is 14.6. The van der Waals surface area contributed by atoms with E-state index in [2.05, 4.69) is 10.1 Å². The largest absolute Gasteiger partial charge is 0.347 e. The first kappa shape index (κ1) is 16.5. The van der Waals surface area contributed by atoms with E-state index >= 15 is 0 Å². The molecular weight excluding hydrogens is 306 g/mol. The highest BCUT2D eigenvalue weighted by Crippen LogP contribution is 2.23. The third kappa shape index (κ3) is 3.60. The van der Waals surface area contributed by atoms with Gasteiger partial charge in [0.15, 0.2) is 5.82 Å². The van der Waals surface area contributed by atoms with Crippen LogP contribution in [0.25, 0.3) is 0 Å². The third-order valence-corrected chi connectivity index (χ3v) is 4.68. The molecular formula is C17H25N5O2. The van der Waals surface area contributed by atoms with Crippen molar-refractivity contribution in [3.63, 3.8) is 0 Å². The van der Waals surface area contributed by atoms with Crippen molar-refractivity contribution in [3.05, 3.63) is 29.8 Å². The molecule has 3 heterocycles. The Morgan fingerprint density at radius 3 is 2.71 bits per heavy atom. The Labute approximate surface area is 142 Å². The number of rotatable bonds is 5. The molecule has 1 amide bonds. The zero-order chi connectivity index (χ0) is 17.1. The summed E-state index contributed by atoms with van der Waals surface area (Å²) in [5, 5.41) is 4.01. The lowest BCUT2D eigenvalue weighted by Gasteiger charge is -2.32. The summed E-state index contributed by atoms with van der Waals surface area (Å²) < 4.78 is 7.06. The SMILES string of the molecule is CN(C)c1nc(CCC2CCN(C(=O)c3cccn3C)CC2)no1. The van der Waals surface area contributed by atoms with Gasteiger partial charge in [-0.3, -0.25) is 4.79 Å². The molecule has 130 valence electrons. The van der Waals surface area contributed by atoms with E-state index in [1.54, 1.807) is 0 Å². The first-order valence-electron chi connectivity index (χ1n) is 8.45. The van der Waals surface area contributed by atoms with Gasteiger partial charge in [-0.1, -0.05) is 5.16 Å². The lowest BCUT2D eigenvalue weighted by molar-refractivity contribution is 0.0677. The number of amides is 1. The van der Waals surface area contributed by atoms with Gasteiger partial charge in [0.2, 0.25) is 0 Å². The van der Waals surface area contributed by atoms with E-state index in [4.69, 9.17) is 4.52 Å². The molecule has 0 radical (unpaired) electrons. The molecule has 0 saturated carbocycles. The van der Waals surface area contributed by atoms with Crippen LogP contribution in [-0.2, 0) is 13.5 Å². The fourth-order valence-electron chi connectivity index (χ4n) is 3.13. The first-order chi connectivity index (χ1) is 11.5. The predicted octanol–water partition coefficient (Wildman–Crippen LogP) is 1.96. The lowest BCUT2D eigenvalue weighted by Crippen LogP contribution is -2.39. The van der Waals surface area contributed by atoms with Crippen molar-refractivity contribution in [2.24, 2.45) is 13.0 Å². The quantitative estimate of drug-likeness (QED) is 0.838. The van der Waals surface area contributed by atoms with Gasteiger partial charge in [-0.05, 0) is 37.3 Å². The van der Waals surface area contributed by atoms with E-state index in [0.717, 1.165) is 50.3 Å². The van der Waals surface area contributed by atoms with Crippen LogP contribution in [0.2, 0.25) is 0 Å². The summed E-state index contributed by atoms with van der Waals surface area (Å²) >= 11 is 0. The van der Waals surface area contributed by atoms with Crippen molar-refractivity contribution in [1.82, 2.24) is 19.6 Å². The molecule has 2 aromatic heterocycles. The monoisotopic (exact) mass is 331 g/mol. The molecule has 7 nitrogen and oxygen atoms in total. The Bertz CT molecular complexity index is 683. The highest BCUT2D eigenvalue weighted by Gasteiger charge is 2.25. The summed E-state index contributed by atoms with van der Waals surface area (Å²) in [6.45, 7) is 1.65. The summed E-state index contributed by atoms with van der Waals surface area (Å²) in [5.41, 5.74) is 0.761. The lowest BCUT2D eigenvalue weighted by atomic mass is 9.92. The molecule has 1 fully saturated rings. The summed E-state index contributed by atoms with van der Waals surface area (Å²) in [6.07, 6.45) is 5.85. The fourth-order valence-corrected chi connectivity index (χ4v) is 3.13. The Morgan fingerprint density at radius 1 is 1.38 bits per heavy atom. The minimum atomic E-state index is 0.134. The van der Waals surface area contributed by atoms with E-state index in [0.29, 0.717) is 11.9 Å². The van der Waals surface area contributed by atoms with Gasteiger partial charge in [0.1, 0.15) is 5.69 Å². The van der Waals surface area contributed by atoms with E-state index in [-0.39, 0.29) is 5.91 Å². The van der Waals surface area contributed by atoms with Crippen LogP contribution in [0.3, 0.4) is 0 Å². The average Bonchev–Trinajstić information content (AvgIpc) is 3.22. The van der Waals surface area contributed by atoms with Gasteiger partial charge in [0.25, 0.3) is 5.91 Å². The van der Waals surface area contributed by atoms with Crippen molar-refractivity contribution in [3.8, 4) is 0 Å². The Morgan fingerprint density at radius 2 is 2.12 bits per heavy atom. The van der Waals surface area contributed by atoms with Crippen LogP contribution < -0.4 is 4.90 Å². The topological polar surface area (TPSA) is 67.4 Å². The molecule has 1 aliphatic heterocycles. The van der Waals surface area contributed by atoms with Gasteiger partial charge in [-0.15, -0.1) is 0 Å². The maximum atomic E-state index is 12.5. The maximum Gasteiger partial charge on any atom is 0.323 e. The van der Waals surface area contributed by atoms with Gasteiger partial charge in [0, 0.05) is 46.9 Å². The number of aryl methyl sites for hydroxylation is 2. The molecule has 0 atom stereocenters. The van der Waals surface area contributed by atoms with Crippen LogP contribution in [0.1, 0.15) is 35.6 Å². The van der Waals surface area contributed by atoms with Crippen LogP contribution in [0.15, 0.2) is 22.9 Å². The maximum absolute atomic E-state index is 12.5. The van der Waals surface area contributed by atoms with Crippen molar-refractivity contribution >= 4 is 11.9 Å². The van der Waals surface area contributed by atoms with Gasteiger partial charge >= 0.3 is 6.01 Å². The molecule has 0 aliphatic carbocycles. The van der Waals surface area contributed by atoms with Gasteiger partial charge in [-0.25, -0.2) is 0 Å². The summed E-state index contributed by atoms with van der Waals surface area (Å²) in [5.74, 6) is 1.51. The van der Waals surface area contributed by atoms with E-state index in [1.165, 1.54) is 0 Å². The normalized spacial score (nSPS) is 15.7. The molecule has 2 aromatic rings. The van der Waals surface area contributed by atoms with Crippen LogP contribution in [0.5, 0.6) is 0 Å². The number of piperidine rings is 1. The second kappa shape index (κ2) is 7.07. The molecule has 0 spiro atoms. The average molecular weight is 331 g/mol. The molecule has 1 aliphatic rings. The number of nitrogens with zero attached hydrogens (tertiary/aromatic N) is 5. The smallest absolute Gasteiger partial charge is 0.323 e. The van der Waals surface area contributed by atoms with Crippen molar-refractivity contribution in [2.75, 3.05) is 32.1 Å². The molecule has 0 aromatic carbocycles. The van der Waals surface area contributed by atoms with E-state index in [1.807, 2.05) is 53.8 Å². The fraction of sp³-hybridized carbons (Fsp3) is 0.588. The number of carbonyl (C=O) groups excluding carboxylic acids is 1. The molecule has 24 heavy (non-hydrogen) atoms. The Balaban J connectivity index is 1.46. The molecule has 0 bridgehead atoms. The molecule has 3 rings (SSSR count). The predicted molar refractivity (Wildman–Crippen MR) is 91.0 cm³/mol. The summed E-state index contributed by atoms with van der Waals surface area (Å²) in [6, 6.07) is 4.34. The first-order valence-corrected chi connectivity index (χ1v) is 8.45. The molecule has 0 N–H and O–H groups in total. The highest BCUT2D eigenvalue weighted by molar-refractivity contribution is 5.92. The number of carbonyl (C=O) groups is 1. The van der Waals surface area contributed by atoms with Crippen molar-refractivity contribution in [1.29, 1.82) is 0 Å². The van der Waals surface area contributed by atoms with Crippen molar-refractivity contribution in [2.45, 2.75) is 25.7 Å². The third-order valence-electron chi connectivity index (χ3n) is 4.68. The summed E-state index contributed by atoms with van der Waals surface area (Å²) in [7, 11) is 5.68. The minimum Gasteiger partial charge on any atom is -0.347 e. The summed E-state index contributed by atoms with van der Waals surface area (Å²) in [4.78, 5) is 20.6. The second-order valence-electron chi connectivity index (χ2n) is 6.67. The Kier molecular flexibility index (Phi) is 4.87. The molecule has 0 unspecified atom stereocenters. The van der Waals surface area contributed by atoms with Gasteiger partial charge < -0.3 is 18.9 Å². The van der Waals surface area contributed by atoms with Gasteiger partial charge in [-0.2, -0.15) is 4.98 Å². The molecule has 1 saturated heterocycles. The second-order valence-corrected chi connectivity index (χ2v) is 6.67. The number of hydrogen-bond acceptors (Lipinski definition) is 5. The van der Waals surface area contributed by atoms with Crippen LogP contribution in [-0.4, -0.2) is 52.7 Å². The number of hydrogen-bond donors (Lipinski definition) is 0. The number of anilines is 1. The van der Waals surface area contributed by atoms with Crippen molar-refractivity contribution < 1.29 is 9.32 Å². The zero-order valence-corrected chi connectivity index (χ0v) is 14.6. The van der Waals surface area contributed by atoms with Crippen LogP contribution in [0.4, 0.5) is 6.01 Å². The molecule has 7 heteroatoms. The number of likely N-dealkylation sites (tertiary alicyclic amines) is 1. The van der Waals surface area contributed by atoms with Crippen LogP contribution in [0, 0.1) is 5.92 Å². The van der Waals surface area contributed by atoms with Gasteiger partial charge in [0.05, 0.1) is 0 Å². The Hall–Kier alpha value is -2.31.